The zero-order valence-electron chi connectivity index (χ0n) is 40.4. The molecule has 1 saturated heterocycles. The minimum Gasteiger partial charge on any atom is -0.493 e. The van der Waals surface area contributed by atoms with E-state index < -0.39 is 64.6 Å². The molecule has 1 fully saturated rings. The number of rotatable bonds is 12. The Morgan fingerprint density at radius 2 is 1.08 bits per heavy atom. The van der Waals surface area contributed by atoms with Gasteiger partial charge in [-0.15, -0.1) is 5.06 Å². The molecule has 386 valence electrons. The number of ether oxygens (including phenoxy) is 8. The first-order valence-electron chi connectivity index (χ1n) is 23.2. The quantitative estimate of drug-likeness (QED) is 0.0384. The van der Waals surface area contributed by atoms with Crippen molar-refractivity contribution in [2.45, 2.75) is 57.3 Å². The number of esters is 1. The van der Waals surface area contributed by atoms with E-state index in [1.54, 1.807) is 24.3 Å². The molecule has 0 bridgehead atoms. The number of aryl methyl sites for hydroxylation is 2. The summed E-state index contributed by atoms with van der Waals surface area (Å²) in [5.74, 6) is -2.54. The van der Waals surface area contributed by atoms with Gasteiger partial charge in [0.2, 0.25) is 0 Å². The SMILES string of the molecule is COc1cc(COC(=O)N2CCCc3cc4c(cc32)Oc2cc3c(cc2C42OC(=O)c4cc(C(=O)ON5C(=O)CCC5=O)ccc42)CCCN3C(=O)OCc2cc(OC)c(OC)cc2[N+](=O)[O-])c([N+](=O)[O-])cc1OC. The van der Waals surface area contributed by atoms with Crippen LogP contribution in [-0.4, -0.2) is 92.4 Å². The van der Waals surface area contributed by atoms with Crippen molar-refractivity contribution in [1.82, 2.24) is 5.06 Å². The van der Waals surface area contributed by atoms with Crippen LogP contribution in [-0.2, 0) is 60.3 Å². The first-order valence-corrected chi connectivity index (χ1v) is 23.2. The summed E-state index contributed by atoms with van der Waals surface area (Å²) >= 11 is 0. The summed E-state index contributed by atoms with van der Waals surface area (Å²) in [5, 5.41) is 24.5. The molecule has 24 heteroatoms. The number of amides is 4. The van der Waals surface area contributed by atoms with Gasteiger partial charge in [-0.25, -0.2) is 19.2 Å². The molecule has 5 aromatic rings. The van der Waals surface area contributed by atoms with Crippen LogP contribution in [0.2, 0.25) is 0 Å². The Kier molecular flexibility index (Phi) is 12.6. The van der Waals surface area contributed by atoms with E-state index in [1.165, 1.54) is 80.7 Å². The van der Waals surface area contributed by atoms with E-state index in [9.17, 15) is 49.0 Å². The van der Waals surface area contributed by atoms with Crippen molar-refractivity contribution in [2.75, 3.05) is 51.3 Å². The summed E-state index contributed by atoms with van der Waals surface area (Å²) in [4.78, 5) is 111. The lowest BCUT2D eigenvalue weighted by atomic mass is 9.75. The highest BCUT2D eigenvalue weighted by Crippen LogP contribution is 2.59. The van der Waals surface area contributed by atoms with Gasteiger partial charge in [-0.1, -0.05) is 6.07 Å². The monoisotopic (exact) mass is 1030 g/mol. The number of benzene rings is 5. The predicted molar refractivity (Wildman–Crippen MR) is 255 cm³/mol. The summed E-state index contributed by atoms with van der Waals surface area (Å²) in [6.07, 6.45) is -0.191. The highest BCUT2D eigenvalue weighted by atomic mass is 16.7. The van der Waals surface area contributed by atoms with Crippen molar-refractivity contribution < 1.29 is 81.3 Å². The van der Waals surface area contributed by atoms with Crippen LogP contribution in [0.3, 0.4) is 0 Å². The Labute approximate surface area is 424 Å². The van der Waals surface area contributed by atoms with Crippen LogP contribution in [0.15, 0.2) is 66.7 Å². The van der Waals surface area contributed by atoms with Crippen molar-refractivity contribution in [2.24, 2.45) is 0 Å². The third-order valence-electron chi connectivity index (χ3n) is 13.6. The Hall–Kier alpha value is -9.48. The van der Waals surface area contributed by atoms with Gasteiger partial charge in [-0.2, -0.15) is 0 Å². The molecule has 0 aromatic heterocycles. The molecule has 5 aliphatic heterocycles. The number of nitro benzene ring substituents is 2. The van der Waals surface area contributed by atoms with E-state index in [0.29, 0.717) is 64.4 Å². The van der Waals surface area contributed by atoms with E-state index in [-0.39, 0.29) is 99.6 Å². The highest BCUT2D eigenvalue weighted by molar-refractivity contribution is 6.04. The van der Waals surface area contributed by atoms with Gasteiger partial charge in [-0.3, -0.25) is 39.6 Å². The van der Waals surface area contributed by atoms with Crippen molar-refractivity contribution >= 4 is 58.7 Å². The number of anilines is 2. The number of hydrogen-bond acceptors (Lipinski definition) is 19. The maximum atomic E-state index is 14.3. The average molecular weight is 1030 g/mol. The second-order valence-corrected chi connectivity index (χ2v) is 17.7. The number of hydroxylamine groups is 2. The molecule has 0 unspecified atom stereocenters. The fourth-order valence-electron chi connectivity index (χ4n) is 10.0. The minimum atomic E-state index is -1.78. The Bertz CT molecular complexity index is 3160. The molecular formula is C51H43N5O19. The molecule has 0 atom stereocenters. The molecule has 5 aromatic carbocycles. The number of carbonyl (C=O) groups is 6. The molecule has 0 saturated carbocycles. The molecule has 0 N–H and O–H groups in total. The van der Waals surface area contributed by atoms with Gasteiger partial charge in [0.25, 0.3) is 23.2 Å². The van der Waals surface area contributed by atoms with Crippen LogP contribution in [0, 0.1) is 20.2 Å². The lowest BCUT2D eigenvalue weighted by Gasteiger charge is -2.40. The molecule has 1 spiro atoms. The van der Waals surface area contributed by atoms with Crippen LogP contribution >= 0.6 is 0 Å². The number of methoxy groups -OCH3 is 4. The Morgan fingerprint density at radius 1 is 0.613 bits per heavy atom. The second kappa shape index (κ2) is 19.2. The molecule has 10 rings (SSSR count). The number of nitro groups is 2. The molecule has 0 radical (unpaired) electrons. The highest BCUT2D eigenvalue weighted by Gasteiger charge is 2.55. The standard InChI is InChI=1S/C51H43N5O19/c1-67-41-18-29(37(55(63)64)22-43(41)69-3)24-71-49(61)52-13-5-7-26-16-33-39(20-35(26)52)73-40-21-36-27(8-6-14-53(36)50(62)72-25-30-19-42(68-2)44(70-4)23-38(30)56(65)66)17-34(40)51(33)32-10-9-28(15-31(32)48(60)74-51)47(59)75-54-45(57)11-12-46(54)58/h9-10,15-23H,5-8,11-14,24-25H2,1-4H3. The number of hydrogen-bond donors (Lipinski definition) is 0. The average Bonchev–Trinajstić information content (AvgIpc) is 3.90. The van der Waals surface area contributed by atoms with Crippen LogP contribution in [0.4, 0.5) is 32.3 Å². The Balaban J connectivity index is 1.04. The van der Waals surface area contributed by atoms with Gasteiger partial charge >= 0.3 is 24.1 Å². The van der Waals surface area contributed by atoms with Gasteiger partial charge in [-0.05, 0) is 73.2 Å². The summed E-state index contributed by atoms with van der Waals surface area (Å²) in [6.45, 7) is -0.686. The van der Waals surface area contributed by atoms with E-state index >= 15 is 0 Å². The normalized spacial score (nSPS) is 15.6. The molecule has 5 heterocycles. The zero-order valence-corrected chi connectivity index (χ0v) is 40.4. The first-order chi connectivity index (χ1) is 36.1. The van der Waals surface area contributed by atoms with Gasteiger partial charge in [0.15, 0.2) is 28.6 Å². The van der Waals surface area contributed by atoms with Gasteiger partial charge in [0.1, 0.15) is 24.7 Å². The molecule has 24 nitrogen and oxygen atoms in total. The lowest BCUT2D eigenvalue weighted by molar-refractivity contribution is -0.386. The van der Waals surface area contributed by atoms with E-state index in [0.717, 1.165) is 0 Å². The summed E-state index contributed by atoms with van der Waals surface area (Å²) in [6, 6.07) is 15.8. The van der Waals surface area contributed by atoms with Gasteiger partial charge in [0.05, 0.1) is 84.0 Å². The first kappa shape index (κ1) is 49.1. The number of nitrogens with zero attached hydrogens (tertiary/aromatic N) is 5. The Morgan fingerprint density at radius 3 is 1.53 bits per heavy atom. The number of fused-ring (bicyclic) bond motifs is 8. The topological polar surface area (TPSA) is 281 Å². The predicted octanol–water partition coefficient (Wildman–Crippen LogP) is 7.51. The number of imide groups is 1. The van der Waals surface area contributed by atoms with Crippen molar-refractivity contribution in [1.29, 1.82) is 0 Å². The molecule has 0 aliphatic carbocycles. The summed E-state index contributed by atoms with van der Waals surface area (Å²) in [7, 11) is 5.38. The smallest absolute Gasteiger partial charge is 0.414 e. The third kappa shape index (κ3) is 8.38. The number of carbonyl (C=O) groups excluding carboxylic acids is 6. The molecule has 4 amide bonds. The van der Waals surface area contributed by atoms with Crippen LogP contribution in [0.1, 0.15) is 85.3 Å². The molecular weight excluding hydrogens is 987 g/mol. The largest absolute Gasteiger partial charge is 0.493 e. The maximum Gasteiger partial charge on any atom is 0.414 e. The molecule has 75 heavy (non-hydrogen) atoms. The van der Waals surface area contributed by atoms with E-state index in [2.05, 4.69) is 0 Å². The van der Waals surface area contributed by atoms with Crippen LogP contribution in [0.5, 0.6) is 34.5 Å². The third-order valence-corrected chi connectivity index (χ3v) is 13.6. The van der Waals surface area contributed by atoms with Crippen molar-refractivity contribution in [3.63, 3.8) is 0 Å². The van der Waals surface area contributed by atoms with E-state index in [1.807, 2.05) is 0 Å². The zero-order chi connectivity index (χ0) is 53.0. The maximum absolute atomic E-state index is 14.3. The van der Waals surface area contributed by atoms with Crippen LogP contribution < -0.4 is 33.5 Å². The lowest BCUT2D eigenvalue weighted by Crippen LogP contribution is -2.38. The van der Waals surface area contributed by atoms with Gasteiger partial charge < -0.3 is 42.7 Å². The summed E-state index contributed by atoms with van der Waals surface area (Å²) < 4.78 is 45.8. The second-order valence-electron chi connectivity index (χ2n) is 17.7. The van der Waals surface area contributed by atoms with E-state index in [4.69, 9.17) is 42.7 Å². The molecule has 5 aliphatic rings. The minimum absolute atomic E-state index is 0.0373. The fourth-order valence-corrected chi connectivity index (χ4v) is 10.0. The van der Waals surface area contributed by atoms with Crippen molar-refractivity contribution in [3.8, 4) is 34.5 Å². The van der Waals surface area contributed by atoms with Crippen LogP contribution in [0.25, 0.3) is 0 Å². The van der Waals surface area contributed by atoms with Crippen molar-refractivity contribution in [3.05, 3.63) is 137 Å². The summed E-state index contributed by atoms with van der Waals surface area (Å²) in [5.41, 5.74) is 0.224. The fraction of sp³-hybridized carbons (Fsp3) is 0.294. The van der Waals surface area contributed by atoms with Gasteiger partial charge in [0, 0.05) is 54.8 Å².